The predicted molar refractivity (Wildman–Crippen MR) is 325 cm³/mol. The molecule has 0 bridgehead atoms. The van der Waals surface area contributed by atoms with Gasteiger partial charge in [0.15, 0.2) is 0 Å². The summed E-state index contributed by atoms with van der Waals surface area (Å²) in [6, 6.07) is 0. The van der Waals surface area contributed by atoms with Crippen LogP contribution in [0.3, 0.4) is 0 Å². The van der Waals surface area contributed by atoms with Gasteiger partial charge >= 0.3 is 89.6 Å². The van der Waals surface area contributed by atoms with Crippen LogP contribution in [0, 0.1) is 17.8 Å². The van der Waals surface area contributed by atoms with Crippen molar-refractivity contribution < 1.29 is 179 Å². The van der Waals surface area contributed by atoms with Crippen LogP contribution in [-0.2, 0) is 145 Å². The van der Waals surface area contributed by atoms with Crippen molar-refractivity contribution in [2.24, 2.45) is 17.8 Å². The van der Waals surface area contributed by atoms with Crippen molar-refractivity contribution in [3.63, 3.8) is 0 Å². The monoisotopic (exact) mass is 1460 g/mol. The van der Waals surface area contributed by atoms with Crippen molar-refractivity contribution in [1.82, 2.24) is 0 Å². The number of rotatable bonds is 43. The number of aliphatic carboxylic acids is 1. The molecular formula is C55H97O38P3. The minimum absolute atomic E-state index is 0. The van der Waals surface area contributed by atoms with Gasteiger partial charge in [0, 0.05) is 19.3 Å². The van der Waals surface area contributed by atoms with Gasteiger partial charge in [0.2, 0.25) is 40.8 Å². The molecule has 0 rings (SSSR count). The smallest absolute Gasteiger partial charge is 0.481 e. The summed E-state index contributed by atoms with van der Waals surface area (Å²) in [7, 11) is -9.21. The quantitative estimate of drug-likeness (QED) is 0.0256. The van der Waals surface area contributed by atoms with Gasteiger partial charge in [0.1, 0.15) is 5.78 Å². The maximum absolute atomic E-state index is 13.1. The molecule has 1 N–H and O–H groups in total. The van der Waals surface area contributed by atoms with Crippen molar-refractivity contribution in [2.45, 2.75) is 180 Å². The highest BCUT2D eigenvalue weighted by Gasteiger charge is 2.38. The molecule has 0 aromatic heterocycles. The first kappa shape index (κ1) is 95.5. The van der Waals surface area contributed by atoms with Crippen molar-refractivity contribution in [1.29, 1.82) is 0 Å². The molecule has 0 spiro atoms. The van der Waals surface area contributed by atoms with E-state index in [2.05, 4.69) is 42.6 Å². The third kappa shape index (κ3) is 53.3. The Kier molecular flexibility index (Phi) is 52.9. The molecular weight excluding hydrogens is 1360 g/mol. The number of hydrogen-bond donors (Lipinski definition) is 1. The highest BCUT2D eigenvalue weighted by molar-refractivity contribution is 7.54. The number of hydrogen-bond acceptors (Lipinski definition) is 37. The molecule has 96 heavy (non-hydrogen) atoms. The maximum atomic E-state index is 13.1. The highest BCUT2D eigenvalue weighted by Crippen LogP contribution is 2.52. The molecule has 560 valence electrons. The molecule has 0 aromatic rings. The average Bonchev–Trinajstić information content (AvgIpc) is 0.903. The van der Waals surface area contributed by atoms with Crippen molar-refractivity contribution >= 4 is 95.3 Å². The van der Waals surface area contributed by atoms with E-state index in [-0.39, 0.29) is 51.9 Å². The zero-order chi connectivity index (χ0) is 73.5. The minimum atomic E-state index is -4.25. The maximum Gasteiger partial charge on any atom is 0.510 e. The van der Waals surface area contributed by atoms with Crippen LogP contribution in [0.5, 0.6) is 0 Å². The largest absolute Gasteiger partial charge is 0.510 e. The molecule has 0 aliphatic carbocycles. The van der Waals surface area contributed by atoms with Crippen molar-refractivity contribution in [3.05, 3.63) is 0 Å². The molecule has 41 heteroatoms. The van der Waals surface area contributed by atoms with Gasteiger partial charge in [-0.3, -0.25) is 64.8 Å². The molecule has 0 fully saturated rings. The SMILES string of the molecule is C.CCOC(=O)C(CCC(=O)O)CP(=O)(OCOC(=O)OC(C)C)OCOC(=O)OC(C)C.COC(=O)C(CCC(C)=O)CP(=O)(OCOC(=O)OC(C)C)OCOC(=O)OC(C)C.COC(=O)CCC(CP(=O)(OCOC(=O)OC(C)C)OCOC(=O)OC(C)C)C(=O)OC. The van der Waals surface area contributed by atoms with Crippen LogP contribution in [0.15, 0.2) is 0 Å². The van der Waals surface area contributed by atoms with E-state index < -0.39 is 210 Å². The van der Waals surface area contributed by atoms with Crippen LogP contribution in [-0.4, -0.2) is 201 Å². The van der Waals surface area contributed by atoms with E-state index in [0.717, 1.165) is 14.2 Å². The predicted octanol–water partition coefficient (Wildman–Crippen LogP) is 10.3. The second kappa shape index (κ2) is 53.2. The van der Waals surface area contributed by atoms with Crippen molar-refractivity contribution in [2.75, 3.05) is 87.2 Å². The Hall–Kier alpha value is -6.91. The number of carbonyl (C=O) groups excluding carboxylic acids is 11. The van der Waals surface area contributed by atoms with E-state index in [9.17, 15) is 71.2 Å². The number of esters is 4. The fourth-order valence-corrected chi connectivity index (χ4v) is 10.8. The molecule has 38 nitrogen and oxygen atoms in total. The Morgan fingerprint density at radius 1 is 0.344 bits per heavy atom. The molecule has 0 saturated heterocycles. The summed E-state index contributed by atoms with van der Waals surface area (Å²) in [6.07, 6.45) is -11.9. The Labute approximate surface area is 557 Å². The van der Waals surface area contributed by atoms with E-state index in [0.29, 0.717) is 0 Å². The van der Waals surface area contributed by atoms with E-state index >= 15 is 0 Å². The summed E-state index contributed by atoms with van der Waals surface area (Å²) in [6.45, 7) is 16.9. The summed E-state index contributed by atoms with van der Waals surface area (Å²) < 4.78 is 145. The number of carboxylic acid groups (broad SMARTS) is 1. The number of Topliss-reactive ketones (excluding diaryl/α,β-unsaturated/α-hetero) is 1. The molecule has 3 unspecified atom stereocenters. The minimum Gasteiger partial charge on any atom is -0.481 e. The van der Waals surface area contributed by atoms with E-state index in [1.54, 1.807) is 90.0 Å². The zero-order valence-corrected chi connectivity index (χ0v) is 59.1. The van der Waals surface area contributed by atoms with Gasteiger partial charge in [-0.2, -0.15) is 0 Å². The summed E-state index contributed by atoms with van der Waals surface area (Å²) in [5.41, 5.74) is 0. The first-order valence-corrected chi connectivity index (χ1v) is 34.1. The standard InChI is InChI=1S/2C18H31O13P.C18H31O12P.CH4/c1-12(2)30-17(21)26-10-28-32(23,29-11-27-18(22)31-13(3)4)9-14(16(20)25-6)7-8-15(19)24-5;1-6-25-16(21)14(7-8-15(19)20)9-32(24,28-10-26-17(22)30-12(2)3)29-11-27-18(23)31-13(4)5;1-12(2)29-17(21)25-10-27-31(23,28-11-26-18(22)30-13(3)4)9-15(16(20)24-6)8-7-14(5)19;/h12-14H,7-11H2,1-6H3;12-14H,6-11H2,1-5H3,(H,19,20);12-13,15H,7-11H2,1-6H3;1H4. The second-order valence-corrected chi connectivity index (χ2v) is 26.7. The van der Waals surface area contributed by atoms with Gasteiger partial charge in [0.05, 0.1) is 101 Å². The van der Waals surface area contributed by atoms with Crippen LogP contribution in [0.25, 0.3) is 0 Å². The van der Waals surface area contributed by atoms with Crippen LogP contribution in [0.1, 0.15) is 143 Å². The summed E-state index contributed by atoms with van der Waals surface area (Å²) in [5.74, 6) is -7.63. The number of carboxylic acids is 1. The summed E-state index contributed by atoms with van der Waals surface area (Å²) >= 11 is 0. The van der Waals surface area contributed by atoms with Crippen LogP contribution >= 0.6 is 22.8 Å². The Morgan fingerprint density at radius 2 is 0.573 bits per heavy atom. The first-order valence-electron chi connectivity index (χ1n) is 28.9. The molecule has 0 aromatic carbocycles. The number of carbonyl (C=O) groups is 12. The van der Waals surface area contributed by atoms with E-state index in [1.165, 1.54) is 14.0 Å². The van der Waals surface area contributed by atoms with Gasteiger partial charge in [-0.25, -0.2) is 28.8 Å². The van der Waals surface area contributed by atoms with Gasteiger partial charge in [-0.1, -0.05) is 7.43 Å². The van der Waals surface area contributed by atoms with Crippen molar-refractivity contribution in [3.8, 4) is 0 Å². The fraction of sp³-hybridized carbons (Fsp3) is 0.782. The second-order valence-electron chi connectivity index (χ2n) is 20.4. The number of ketones is 1. The van der Waals surface area contributed by atoms with Crippen LogP contribution in [0.4, 0.5) is 28.8 Å². The lowest BCUT2D eigenvalue weighted by Crippen LogP contribution is -2.24. The van der Waals surface area contributed by atoms with Gasteiger partial charge in [-0.15, -0.1) is 0 Å². The number of methoxy groups -OCH3 is 3. The molecule has 0 radical (unpaired) electrons. The Balaban J connectivity index is -0.000000658. The third-order valence-electron chi connectivity index (χ3n) is 10.0. The third-order valence-corrected chi connectivity index (χ3v) is 15.7. The topological polar surface area (TPSA) is 479 Å². The lowest BCUT2D eigenvalue weighted by atomic mass is 10.0. The van der Waals surface area contributed by atoms with Gasteiger partial charge < -0.3 is 85.7 Å². The summed E-state index contributed by atoms with van der Waals surface area (Å²) in [5, 5.41) is 8.89. The lowest BCUT2D eigenvalue weighted by molar-refractivity contribution is -0.149. The fourth-order valence-electron chi connectivity index (χ4n) is 6.04. The molecule has 3 atom stereocenters. The van der Waals surface area contributed by atoms with E-state index in [4.69, 9.17) is 65.4 Å². The first-order chi connectivity index (χ1) is 44.2. The zero-order valence-electron chi connectivity index (χ0n) is 56.4. The van der Waals surface area contributed by atoms with Crippen LogP contribution < -0.4 is 0 Å². The molecule has 0 aliphatic rings. The number of ether oxygens (including phenoxy) is 16. The summed E-state index contributed by atoms with van der Waals surface area (Å²) in [4.78, 5) is 139. The lowest BCUT2D eigenvalue weighted by Gasteiger charge is -2.22. The molecule has 0 amide bonds. The van der Waals surface area contributed by atoms with E-state index in [1.807, 2.05) is 0 Å². The average molecular weight is 1460 g/mol. The Bertz CT molecular complexity index is 2400. The molecule has 0 aliphatic heterocycles. The van der Waals surface area contributed by atoms with Gasteiger partial charge in [-0.05, 0) is 116 Å². The Morgan fingerprint density at radius 3 is 0.771 bits per heavy atom. The molecule has 0 saturated carbocycles. The molecule has 0 heterocycles. The highest BCUT2D eigenvalue weighted by atomic mass is 31.2. The van der Waals surface area contributed by atoms with Crippen LogP contribution in [0.2, 0.25) is 0 Å². The normalized spacial score (nSPS) is 12.1. The van der Waals surface area contributed by atoms with Gasteiger partial charge in [0.25, 0.3) is 0 Å².